The summed E-state index contributed by atoms with van der Waals surface area (Å²) in [4.78, 5) is 4.15. The second kappa shape index (κ2) is 10.3. The summed E-state index contributed by atoms with van der Waals surface area (Å²) in [5.41, 5.74) is 1.25. The van der Waals surface area contributed by atoms with Gasteiger partial charge >= 0.3 is 10.2 Å². The number of nitrogens with zero attached hydrogens (tertiary/aromatic N) is 4. The lowest BCUT2D eigenvalue weighted by atomic mass is 10.2. The van der Waals surface area contributed by atoms with Crippen LogP contribution in [0.3, 0.4) is 0 Å². The third-order valence-corrected chi connectivity index (χ3v) is 7.43. The second-order valence-electron chi connectivity index (χ2n) is 7.62. The van der Waals surface area contributed by atoms with Crippen molar-refractivity contribution in [2.75, 3.05) is 49.5 Å². The average Bonchev–Trinajstić information content (AvgIpc) is 3.35. The fraction of sp³-hybridized carbons (Fsp3) is 0.455. The molecule has 0 saturated carbocycles. The molecule has 0 aliphatic carbocycles. The summed E-state index contributed by atoms with van der Waals surface area (Å²) in [6, 6.07) is 9.00. The molecule has 0 bridgehead atoms. The van der Waals surface area contributed by atoms with Crippen LogP contribution in [0, 0.1) is 0 Å². The summed E-state index contributed by atoms with van der Waals surface area (Å²) in [6.45, 7) is 4.38. The number of aromatic nitrogens is 2. The molecule has 2 aromatic heterocycles. The predicted molar refractivity (Wildman–Crippen MR) is 126 cm³/mol. The highest BCUT2D eigenvalue weighted by Gasteiger charge is 2.36. The number of hydrogen-bond acceptors (Lipinski definition) is 8. The van der Waals surface area contributed by atoms with E-state index in [1.165, 1.54) is 4.31 Å². The van der Waals surface area contributed by atoms with Crippen molar-refractivity contribution in [1.29, 1.82) is 0 Å². The van der Waals surface area contributed by atoms with Gasteiger partial charge in [-0.05, 0) is 49.5 Å². The summed E-state index contributed by atoms with van der Waals surface area (Å²) < 4.78 is 45.3. The molecule has 33 heavy (non-hydrogen) atoms. The van der Waals surface area contributed by atoms with Crippen LogP contribution in [-0.4, -0.2) is 62.8 Å². The number of anilines is 2. The summed E-state index contributed by atoms with van der Waals surface area (Å²) >= 11 is 0. The molecule has 3 heterocycles. The third-order valence-electron chi connectivity index (χ3n) is 5.46. The van der Waals surface area contributed by atoms with Gasteiger partial charge in [0.05, 0.1) is 24.3 Å². The van der Waals surface area contributed by atoms with Gasteiger partial charge in [-0.15, -0.1) is 0 Å². The van der Waals surface area contributed by atoms with Crippen molar-refractivity contribution in [3.8, 4) is 11.6 Å². The number of unbranched alkanes of at least 4 members (excludes halogenated alkanes) is 2. The monoisotopic (exact) mass is 475 g/mol. The largest absolute Gasteiger partial charge is 0.493 e. The summed E-state index contributed by atoms with van der Waals surface area (Å²) in [7, 11) is -1.76. The Bertz CT molecular complexity index is 1180. The van der Waals surface area contributed by atoms with Gasteiger partial charge < -0.3 is 19.3 Å². The number of ether oxygens (including phenoxy) is 2. The number of nitrogens with one attached hydrogen (secondary N) is 1. The maximum atomic E-state index is 12.9. The summed E-state index contributed by atoms with van der Waals surface area (Å²) in [6.07, 6.45) is 4.07. The van der Waals surface area contributed by atoms with Crippen molar-refractivity contribution in [1.82, 2.24) is 14.4 Å². The Kier molecular flexibility index (Phi) is 7.19. The minimum absolute atomic E-state index is 0.438. The molecule has 0 radical (unpaired) electrons. The standard InChI is InChI=1S/C22H29N5O5S/c1-3-30-22-19-8-7-18(16-20(19)32-25-22)31-14-6-4-5-11-26-12-13-27(33(26,28)29)17-9-10-24-21(15-17)23-2/h7-10,15-16H,3-6,11-14H2,1-2H3,(H,23,24). The molecule has 1 aromatic carbocycles. The lowest BCUT2D eigenvalue weighted by molar-refractivity contribution is 0.298. The Hall–Kier alpha value is -3.05. The van der Waals surface area contributed by atoms with Gasteiger partial charge in [-0.1, -0.05) is 0 Å². The van der Waals surface area contributed by atoms with Crippen LogP contribution in [0.1, 0.15) is 26.2 Å². The first-order valence-electron chi connectivity index (χ1n) is 11.1. The molecule has 0 spiro atoms. The van der Waals surface area contributed by atoms with Gasteiger partial charge in [0.2, 0.25) is 0 Å². The molecule has 178 valence electrons. The number of benzene rings is 1. The van der Waals surface area contributed by atoms with Crippen molar-refractivity contribution >= 4 is 32.7 Å². The molecular weight excluding hydrogens is 446 g/mol. The Morgan fingerprint density at radius 2 is 2.00 bits per heavy atom. The normalized spacial score (nSPS) is 15.8. The van der Waals surface area contributed by atoms with Gasteiger partial charge in [0, 0.05) is 45.0 Å². The zero-order valence-corrected chi connectivity index (χ0v) is 19.7. The van der Waals surface area contributed by atoms with Crippen LogP contribution in [0.25, 0.3) is 11.0 Å². The molecule has 1 aliphatic rings. The Morgan fingerprint density at radius 3 is 2.82 bits per heavy atom. The van der Waals surface area contributed by atoms with E-state index in [0.717, 1.165) is 24.6 Å². The van der Waals surface area contributed by atoms with Crippen molar-refractivity contribution in [2.45, 2.75) is 26.2 Å². The van der Waals surface area contributed by atoms with Crippen LogP contribution < -0.4 is 19.1 Å². The van der Waals surface area contributed by atoms with Crippen LogP contribution >= 0.6 is 0 Å². The predicted octanol–water partition coefficient (Wildman–Crippen LogP) is 3.28. The van der Waals surface area contributed by atoms with Crippen molar-refractivity contribution in [2.24, 2.45) is 0 Å². The van der Waals surface area contributed by atoms with Crippen LogP contribution in [0.2, 0.25) is 0 Å². The molecule has 10 nitrogen and oxygen atoms in total. The van der Waals surface area contributed by atoms with Crippen LogP contribution in [0.5, 0.6) is 11.6 Å². The maximum Gasteiger partial charge on any atom is 0.304 e. The van der Waals surface area contributed by atoms with Crippen LogP contribution in [-0.2, 0) is 10.2 Å². The lowest BCUT2D eigenvalue weighted by Gasteiger charge is -2.20. The Labute approximate surface area is 193 Å². The van der Waals surface area contributed by atoms with Crippen molar-refractivity contribution < 1.29 is 22.4 Å². The zero-order chi connectivity index (χ0) is 23.3. The Balaban J connectivity index is 1.21. The Morgan fingerprint density at radius 1 is 1.12 bits per heavy atom. The molecule has 1 N–H and O–H groups in total. The first-order chi connectivity index (χ1) is 16.0. The highest BCUT2D eigenvalue weighted by Crippen LogP contribution is 2.29. The highest BCUT2D eigenvalue weighted by molar-refractivity contribution is 7.90. The molecule has 1 fully saturated rings. The van der Waals surface area contributed by atoms with E-state index in [2.05, 4.69) is 15.5 Å². The van der Waals surface area contributed by atoms with E-state index in [0.29, 0.717) is 61.6 Å². The minimum Gasteiger partial charge on any atom is -0.493 e. The van der Waals surface area contributed by atoms with Gasteiger partial charge in [0.1, 0.15) is 11.6 Å². The third kappa shape index (κ3) is 5.14. The molecular formula is C22H29N5O5S. The molecule has 11 heteroatoms. The van der Waals surface area contributed by atoms with Gasteiger partial charge in [-0.2, -0.15) is 12.7 Å². The molecule has 3 aromatic rings. The zero-order valence-electron chi connectivity index (χ0n) is 18.9. The maximum absolute atomic E-state index is 12.9. The van der Waals surface area contributed by atoms with Gasteiger partial charge in [-0.25, -0.2) is 4.98 Å². The molecule has 1 saturated heterocycles. The first kappa shape index (κ1) is 23.1. The van der Waals surface area contributed by atoms with Crippen molar-refractivity contribution in [3.05, 3.63) is 36.5 Å². The van der Waals surface area contributed by atoms with E-state index in [1.54, 1.807) is 35.7 Å². The summed E-state index contributed by atoms with van der Waals surface area (Å²) in [5, 5.41) is 7.67. The van der Waals surface area contributed by atoms with E-state index >= 15 is 0 Å². The van der Waals surface area contributed by atoms with E-state index in [9.17, 15) is 8.42 Å². The number of pyridine rings is 1. The fourth-order valence-corrected chi connectivity index (χ4v) is 5.40. The molecule has 0 unspecified atom stereocenters. The smallest absolute Gasteiger partial charge is 0.304 e. The SMILES string of the molecule is CCOc1noc2cc(OCCCCCN3CCN(c4ccnc(NC)c4)S3(=O)=O)ccc12. The first-order valence-corrected chi connectivity index (χ1v) is 12.5. The van der Waals surface area contributed by atoms with E-state index in [-0.39, 0.29) is 0 Å². The number of hydrogen-bond donors (Lipinski definition) is 1. The van der Waals surface area contributed by atoms with E-state index < -0.39 is 10.2 Å². The summed E-state index contributed by atoms with van der Waals surface area (Å²) in [5.74, 6) is 1.83. The molecule has 1 aliphatic heterocycles. The van der Waals surface area contributed by atoms with Crippen molar-refractivity contribution in [3.63, 3.8) is 0 Å². The van der Waals surface area contributed by atoms with Gasteiger partial charge in [0.25, 0.3) is 5.88 Å². The van der Waals surface area contributed by atoms with Gasteiger partial charge in [0.15, 0.2) is 5.58 Å². The molecule has 0 amide bonds. The molecule has 4 rings (SSSR count). The number of fused-ring (bicyclic) bond motifs is 1. The van der Waals surface area contributed by atoms with Gasteiger partial charge in [-0.3, -0.25) is 4.31 Å². The van der Waals surface area contributed by atoms with E-state index in [4.69, 9.17) is 14.0 Å². The fourth-order valence-electron chi connectivity index (χ4n) is 3.76. The minimum atomic E-state index is -3.51. The number of rotatable bonds is 11. The quantitative estimate of drug-likeness (QED) is 0.421. The average molecular weight is 476 g/mol. The topological polar surface area (TPSA) is 110 Å². The van der Waals surface area contributed by atoms with Crippen LogP contribution in [0.15, 0.2) is 41.1 Å². The lowest BCUT2D eigenvalue weighted by Crippen LogP contribution is -2.33. The van der Waals surface area contributed by atoms with E-state index in [1.807, 2.05) is 19.1 Å². The molecule has 0 atom stereocenters. The highest BCUT2D eigenvalue weighted by atomic mass is 32.2. The van der Waals surface area contributed by atoms with Crippen LogP contribution in [0.4, 0.5) is 11.5 Å². The second-order valence-corrected chi connectivity index (χ2v) is 9.47.